The van der Waals surface area contributed by atoms with Crippen molar-refractivity contribution in [3.63, 3.8) is 0 Å². The van der Waals surface area contributed by atoms with Crippen LogP contribution < -0.4 is 5.73 Å². The molecule has 0 saturated carbocycles. The summed E-state index contributed by atoms with van der Waals surface area (Å²) in [6, 6.07) is 0. The zero-order valence-corrected chi connectivity index (χ0v) is 13.8. The van der Waals surface area contributed by atoms with E-state index in [1.807, 2.05) is 0 Å². The number of thiophene rings is 1. The highest BCUT2D eigenvalue weighted by molar-refractivity contribution is 7.16. The molecule has 0 bridgehead atoms. The number of nitrogens with zero attached hydrogens (tertiary/aromatic N) is 2. The lowest BCUT2D eigenvalue weighted by molar-refractivity contribution is -0.0282. The van der Waals surface area contributed by atoms with Gasteiger partial charge in [0.2, 0.25) is 0 Å². The second-order valence-corrected chi connectivity index (χ2v) is 5.66. The lowest BCUT2D eigenvalue weighted by Crippen LogP contribution is -2.51. The van der Waals surface area contributed by atoms with Gasteiger partial charge in [-0.3, -0.25) is 0 Å². The third-order valence-electron chi connectivity index (χ3n) is 3.26. The number of rotatable bonds is 2. The molecule has 0 aromatic carbocycles. The quantitative estimate of drug-likeness (QED) is 0.641. The second-order valence-electron chi connectivity index (χ2n) is 4.52. The van der Waals surface area contributed by atoms with Crippen LogP contribution in [0, 0.1) is 0 Å². The average Bonchev–Trinajstić information content (AvgIpc) is 2.87. The van der Waals surface area contributed by atoms with E-state index in [2.05, 4.69) is 9.47 Å². The number of anilines is 1. The fraction of sp³-hybridized carbons (Fsp3) is 0.462. The molecule has 0 atom stereocenters. The second kappa shape index (κ2) is 6.73. The molecule has 2 heterocycles. The maximum Gasteiger partial charge on any atom is 0.429 e. The summed E-state index contributed by atoms with van der Waals surface area (Å²) in [5.41, 5.74) is 6.69. The predicted octanol–water partition coefficient (Wildman–Crippen LogP) is 1.57. The Morgan fingerprint density at radius 3 is 2.22 bits per heavy atom. The van der Waals surface area contributed by atoms with E-state index in [-0.39, 0.29) is 30.3 Å². The average molecular weight is 343 g/mol. The molecule has 0 unspecified atom stereocenters. The standard InChI is InChI=1S/C13H17N3O6S/c1-4-22-11(17)9-7-5-15(12(18)20-2)16(13(19)21-3)6-8(7)23-10(9)14/h4-6,14H2,1-3H3. The van der Waals surface area contributed by atoms with E-state index in [4.69, 9.17) is 10.5 Å². The Morgan fingerprint density at radius 2 is 1.70 bits per heavy atom. The molecule has 1 aliphatic heterocycles. The predicted molar refractivity (Wildman–Crippen MR) is 80.6 cm³/mol. The van der Waals surface area contributed by atoms with Crippen LogP contribution in [0.3, 0.4) is 0 Å². The molecule has 2 N–H and O–H groups in total. The SMILES string of the molecule is CCOC(=O)c1c(N)sc2c1CN(C(=O)OC)N(C(=O)OC)C2. The van der Waals surface area contributed by atoms with Gasteiger partial charge in [-0.2, -0.15) is 0 Å². The Morgan fingerprint density at radius 1 is 1.13 bits per heavy atom. The maximum atomic E-state index is 12.1. The van der Waals surface area contributed by atoms with Crippen molar-refractivity contribution in [1.29, 1.82) is 0 Å². The van der Waals surface area contributed by atoms with Crippen LogP contribution in [0.1, 0.15) is 27.7 Å². The van der Waals surface area contributed by atoms with E-state index in [9.17, 15) is 14.4 Å². The highest BCUT2D eigenvalue weighted by Gasteiger charge is 2.37. The zero-order chi connectivity index (χ0) is 17.1. The zero-order valence-electron chi connectivity index (χ0n) is 13.0. The summed E-state index contributed by atoms with van der Waals surface area (Å²) in [6.45, 7) is 1.90. The number of amides is 2. The number of esters is 1. The minimum atomic E-state index is -0.749. The molecule has 0 spiro atoms. The van der Waals surface area contributed by atoms with Gasteiger partial charge in [0, 0.05) is 10.4 Å². The summed E-state index contributed by atoms with van der Waals surface area (Å²) in [7, 11) is 2.40. The number of carbonyl (C=O) groups is 3. The number of hydrogen-bond donors (Lipinski definition) is 1. The molecule has 0 aliphatic carbocycles. The Bertz CT molecular complexity index is 644. The number of nitrogens with two attached hydrogens (primary N) is 1. The summed E-state index contributed by atoms with van der Waals surface area (Å²) < 4.78 is 14.3. The van der Waals surface area contributed by atoms with E-state index in [0.717, 1.165) is 10.0 Å². The highest BCUT2D eigenvalue weighted by Crippen LogP contribution is 2.37. The van der Waals surface area contributed by atoms with Crippen LogP contribution in [0.5, 0.6) is 0 Å². The smallest absolute Gasteiger partial charge is 0.429 e. The number of methoxy groups -OCH3 is 2. The first kappa shape index (κ1) is 16.9. The Kier molecular flexibility index (Phi) is 4.94. The molecular weight excluding hydrogens is 326 g/mol. The lowest BCUT2D eigenvalue weighted by atomic mass is 10.1. The number of hydrogen-bond acceptors (Lipinski definition) is 8. The molecule has 1 aromatic heterocycles. The summed E-state index contributed by atoms with van der Waals surface area (Å²) in [6.07, 6.45) is -1.47. The monoisotopic (exact) mass is 343 g/mol. The minimum Gasteiger partial charge on any atom is -0.462 e. The van der Waals surface area contributed by atoms with Crippen molar-refractivity contribution in [2.45, 2.75) is 20.0 Å². The van der Waals surface area contributed by atoms with Crippen LogP contribution in [0.4, 0.5) is 14.6 Å². The molecule has 0 fully saturated rings. The minimum absolute atomic E-state index is 0.0427. The number of hydrazine groups is 1. The molecular formula is C13H17N3O6S. The largest absolute Gasteiger partial charge is 0.462 e. The molecule has 1 aromatic rings. The first-order valence-electron chi connectivity index (χ1n) is 6.72. The van der Waals surface area contributed by atoms with E-state index >= 15 is 0 Å². The lowest BCUT2D eigenvalue weighted by Gasteiger charge is -2.36. The van der Waals surface area contributed by atoms with Gasteiger partial charge in [-0.1, -0.05) is 0 Å². The molecule has 9 nitrogen and oxygen atoms in total. The van der Waals surface area contributed by atoms with Crippen molar-refractivity contribution in [3.05, 3.63) is 16.0 Å². The molecule has 10 heteroatoms. The van der Waals surface area contributed by atoms with Gasteiger partial charge in [0.25, 0.3) is 0 Å². The van der Waals surface area contributed by atoms with Crippen LogP contribution in [-0.2, 0) is 27.3 Å². The van der Waals surface area contributed by atoms with Crippen LogP contribution in [0.25, 0.3) is 0 Å². The molecule has 2 rings (SSSR count). The first-order chi connectivity index (χ1) is 10.9. The number of ether oxygens (including phenoxy) is 3. The van der Waals surface area contributed by atoms with E-state index < -0.39 is 18.2 Å². The Labute approximate surface area is 136 Å². The fourth-order valence-electron chi connectivity index (χ4n) is 2.25. The van der Waals surface area contributed by atoms with Gasteiger partial charge < -0.3 is 19.9 Å². The number of nitrogen functional groups attached to an aromatic ring is 1. The summed E-state index contributed by atoms with van der Waals surface area (Å²) in [5.74, 6) is -0.557. The van der Waals surface area contributed by atoms with Crippen molar-refractivity contribution in [3.8, 4) is 0 Å². The third-order valence-corrected chi connectivity index (χ3v) is 4.31. The fourth-order valence-corrected chi connectivity index (χ4v) is 3.30. The Balaban J connectivity index is 2.44. The maximum absolute atomic E-state index is 12.1. The molecule has 0 saturated heterocycles. The van der Waals surface area contributed by atoms with Crippen molar-refractivity contribution >= 4 is 34.5 Å². The van der Waals surface area contributed by atoms with E-state index in [1.54, 1.807) is 6.92 Å². The van der Waals surface area contributed by atoms with Crippen molar-refractivity contribution < 1.29 is 28.6 Å². The normalized spacial score (nSPS) is 13.3. The van der Waals surface area contributed by atoms with Gasteiger partial charge in [0.1, 0.15) is 5.00 Å². The van der Waals surface area contributed by atoms with Gasteiger partial charge in [0.15, 0.2) is 0 Å². The van der Waals surface area contributed by atoms with Gasteiger partial charge >= 0.3 is 18.2 Å². The van der Waals surface area contributed by atoms with Crippen LogP contribution in [-0.4, -0.2) is 49.0 Å². The van der Waals surface area contributed by atoms with E-state index in [0.29, 0.717) is 10.4 Å². The summed E-state index contributed by atoms with van der Waals surface area (Å²) >= 11 is 1.17. The topological polar surface area (TPSA) is 111 Å². The van der Waals surface area contributed by atoms with Crippen LogP contribution in [0.15, 0.2) is 0 Å². The molecule has 1 aliphatic rings. The number of fused-ring (bicyclic) bond motifs is 1. The Hall–Kier alpha value is -2.49. The summed E-state index contributed by atoms with van der Waals surface area (Å²) in [5, 5.41) is 2.44. The summed E-state index contributed by atoms with van der Waals surface area (Å²) in [4.78, 5) is 36.6. The van der Waals surface area contributed by atoms with Gasteiger partial charge in [0.05, 0.1) is 39.5 Å². The van der Waals surface area contributed by atoms with E-state index in [1.165, 1.54) is 25.6 Å². The van der Waals surface area contributed by atoms with Gasteiger partial charge in [-0.25, -0.2) is 24.4 Å². The van der Waals surface area contributed by atoms with Crippen molar-refractivity contribution in [2.75, 3.05) is 26.6 Å². The van der Waals surface area contributed by atoms with Crippen molar-refractivity contribution in [2.24, 2.45) is 0 Å². The molecule has 0 radical (unpaired) electrons. The highest BCUT2D eigenvalue weighted by atomic mass is 32.1. The third kappa shape index (κ3) is 3.02. The van der Waals surface area contributed by atoms with Gasteiger partial charge in [-0.15, -0.1) is 11.3 Å². The van der Waals surface area contributed by atoms with Crippen LogP contribution >= 0.6 is 11.3 Å². The van der Waals surface area contributed by atoms with Crippen molar-refractivity contribution in [1.82, 2.24) is 10.0 Å². The first-order valence-corrected chi connectivity index (χ1v) is 7.54. The van der Waals surface area contributed by atoms with Crippen LogP contribution in [0.2, 0.25) is 0 Å². The molecule has 23 heavy (non-hydrogen) atoms. The van der Waals surface area contributed by atoms with Gasteiger partial charge in [-0.05, 0) is 6.92 Å². The molecule has 126 valence electrons. The molecule has 2 amide bonds. The number of carbonyl (C=O) groups excluding carboxylic acids is 3.